The van der Waals surface area contributed by atoms with Gasteiger partial charge in [0.25, 0.3) is 0 Å². The molecule has 1 saturated heterocycles. The van der Waals surface area contributed by atoms with Crippen LogP contribution in [-0.2, 0) is 4.79 Å². The Labute approximate surface area is 127 Å². The molecule has 2 aromatic rings. The highest BCUT2D eigenvalue weighted by Crippen LogP contribution is 2.22. The van der Waals surface area contributed by atoms with Crippen molar-refractivity contribution in [3.8, 4) is 11.5 Å². The molecule has 3 rings (SSSR count). The highest BCUT2D eigenvalue weighted by atomic mass is 16.5. The molecule has 6 heteroatoms. The molecular formula is C16H15N3O3. The van der Waals surface area contributed by atoms with E-state index in [1.807, 2.05) is 30.3 Å². The quantitative estimate of drug-likeness (QED) is 0.637. The lowest BCUT2D eigenvalue weighted by atomic mass is 10.0. The molecule has 1 aromatic heterocycles. The molecule has 1 amide bonds. The smallest absolute Gasteiger partial charge is 0.233 e. The van der Waals surface area contributed by atoms with E-state index < -0.39 is 5.92 Å². The molecule has 0 aliphatic carbocycles. The maximum atomic E-state index is 12.3. The third-order valence-electron chi connectivity index (χ3n) is 3.57. The van der Waals surface area contributed by atoms with Gasteiger partial charge in [0.05, 0.1) is 12.4 Å². The van der Waals surface area contributed by atoms with Gasteiger partial charge in [0.2, 0.25) is 11.7 Å². The number of ketones is 1. The minimum absolute atomic E-state index is 0.0501. The molecular weight excluding hydrogens is 282 g/mol. The van der Waals surface area contributed by atoms with Gasteiger partial charge in [0.15, 0.2) is 11.6 Å². The van der Waals surface area contributed by atoms with Gasteiger partial charge in [0.1, 0.15) is 11.7 Å². The van der Waals surface area contributed by atoms with E-state index in [-0.39, 0.29) is 17.5 Å². The number of aromatic nitrogens is 2. The number of carbonyl (C=O) groups is 2. The molecule has 112 valence electrons. The Balaban J connectivity index is 1.71. The van der Waals surface area contributed by atoms with E-state index >= 15 is 0 Å². The van der Waals surface area contributed by atoms with Crippen molar-refractivity contribution in [3.63, 3.8) is 0 Å². The first-order valence-electron chi connectivity index (χ1n) is 6.99. The number of hydrogen-bond donors (Lipinski definition) is 0. The van der Waals surface area contributed by atoms with Gasteiger partial charge in [-0.05, 0) is 18.6 Å². The molecule has 1 fully saturated rings. The fourth-order valence-electron chi connectivity index (χ4n) is 2.34. The fraction of sp³-hybridized carbons (Fsp3) is 0.250. The summed E-state index contributed by atoms with van der Waals surface area (Å²) in [5, 5.41) is 0. The summed E-state index contributed by atoms with van der Waals surface area (Å²) in [7, 11) is 1.69. The van der Waals surface area contributed by atoms with E-state index in [9.17, 15) is 9.59 Å². The van der Waals surface area contributed by atoms with Gasteiger partial charge < -0.3 is 9.64 Å². The zero-order valence-corrected chi connectivity index (χ0v) is 12.1. The van der Waals surface area contributed by atoms with Crippen molar-refractivity contribution >= 4 is 11.7 Å². The van der Waals surface area contributed by atoms with Crippen LogP contribution in [0.5, 0.6) is 11.5 Å². The summed E-state index contributed by atoms with van der Waals surface area (Å²) in [6, 6.07) is 9.23. The van der Waals surface area contributed by atoms with Gasteiger partial charge >= 0.3 is 0 Å². The van der Waals surface area contributed by atoms with Crippen molar-refractivity contribution in [1.82, 2.24) is 14.9 Å². The van der Waals surface area contributed by atoms with Gasteiger partial charge in [-0.3, -0.25) is 9.59 Å². The molecule has 2 heterocycles. The highest BCUT2D eigenvalue weighted by Gasteiger charge is 2.36. The lowest BCUT2D eigenvalue weighted by molar-refractivity contribution is -0.128. The van der Waals surface area contributed by atoms with E-state index in [0.717, 1.165) is 0 Å². The minimum atomic E-state index is -0.661. The number of amides is 1. The molecule has 0 spiro atoms. The zero-order chi connectivity index (χ0) is 15.5. The van der Waals surface area contributed by atoms with Gasteiger partial charge in [-0.25, -0.2) is 9.97 Å². The van der Waals surface area contributed by atoms with Crippen LogP contribution in [-0.4, -0.2) is 40.2 Å². The highest BCUT2D eigenvalue weighted by molar-refractivity contribution is 6.09. The molecule has 6 nitrogen and oxygen atoms in total. The zero-order valence-electron chi connectivity index (χ0n) is 12.1. The SMILES string of the molecule is CN1CCC(C(=O)c2ncc(Oc3ccccc3)cn2)C1=O. The van der Waals surface area contributed by atoms with E-state index in [1.54, 1.807) is 11.9 Å². The number of nitrogens with zero attached hydrogens (tertiary/aromatic N) is 3. The number of Topliss-reactive ketones (excluding diaryl/α,β-unsaturated/α-hetero) is 1. The largest absolute Gasteiger partial charge is 0.454 e. The van der Waals surface area contributed by atoms with Crippen molar-refractivity contribution in [2.24, 2.45) is 5.92 Å². The predicted octanol–water partition coefficient (Wildman–Crippen LogP) is 1.93. The maximum Gasteiger partial charge on any atom is 0.233 e. The van der Waals surface area contributed by atoms with Crippen LogP contribution in [0.1, 0.15) is 17.0 Å². The van der Waals surface area contributed by atoms with Gasteiger partial charge in [-0.1, -0.05) is 18.2 Å². The molecule has 0 radical (unpaired) electrons. The molecule has 1 aliphatic heterocycles. The topological polar surface area (TPSA) is 72.4 Å². The average molecular weight is 297 g/mol. The summed E-state index contributed by atoms with van der Waals surface area (Å²) in [5.41, 5.74) is 0. The van der Waals surface area contributed by atoms with E-state index in [2.05, 4.69) is 9.97 Å². The number of rotatable bonds is 4. The Kier molecular flexibility index (Phi) is 3.82. The Hall–Kier alpha value is -2.76. The van der Waals surface area contributed by atoms with Crippen LogP contribution >= 0.6 is 0 Å². The van der Waals surface area contributed by atoms with Crippen molar-refractivity contribution in [3.05, 3.63) is 48.5 Å². The van der Waals surface area contributed by atoms with Crippen molar-refractivity contribution < 1.29 is 14.3 Å². The normalized spacial score (nSPS) is 17.6. The first-order chi connectivity index (χ1) is 10.6. The van der Waals surface area contributed by atoms with Crippen LogP contribution in [0.2, 0.25) is 0 Å². The molecule has 0 N–H and O–H groups in total. The van der Waals surface area contributed by atoms with Crippen LogP contribution in [0, 0.1) is 5.92 Å². The average Bonchev–Trinajstić information content (AvgIpc) is 2.88. The second kappa shape index (κ2) is 5.93. The van der Waals surface area contributed by atoms with E-state index in [0.29, 0.717) is 24.5 Å². The van der Waals surface area contributed by atoms with E-state index in [4.69, 9.17) is 4.74 Å². The summed E-state index contributed by atoms with van der Waals surface area (Å²) in [6.07, 6.45) is 3.40. The van der Waals surface area contributed by atoms with Crippen LogP contribution < -0.4 is 4.74 Å². The predicted molar refractivity (Wildman–Crippen MR) is 78.6 cm³/mol. The van der Waals surface area contributed by atoms with Crippen LogP contribution in [0.25, 0.3) is 0 Å². The molecule has 22 heavy (non-hydrogen) atoms. The number of hydrogen-bond acceptors (Lipinski definition) is 5. The number of likely N-dealkylation sites (tertiary alicyclic amines) is 1. The summed E-state index contributed by atoms with van der Waals surface area (Å²) >= 11 is 0. The maximum absolute atomic E-state index is 12.3. The number of ether oxygens (including phenoxy) is 1. The Morgan fingerprint density at radius 1 is 1.18 bits per heavy atom. The number of carbonyl (C=O) groups excluding carboxylic acids is 2. The third-order valence-corrected chi connectivity index (χ3v) is 3.57. The van der Waals surface area contributed by atoms with Crippen LogP contribution in [0.4, 0.5) is 0 Å². The number of benzene rings is 1. The molecule has 1 atom stereocenters. The van der Waals surface area contributed by atoms with Gasteiger partial charge in [-0.15, -0.1) is 0 Å². The monoisotopic (exact) mass is 297 g/mol. The Bertz CT molecular complexity index is 686. The first-order valence-corrected chi connectivity index (χ1v) is 6.99. The summed E-state index contributed by atoms with van der Waals surface area (Å²) in [6.45, 7) is 0.588. The van der Waals surface area contributed by atoms with Gasteiger partial charge in [0, 0.05) is 13.6 Å². The summed E-state index contributed by atoms with van der Waals surface area (Å²) < 4.78 is 5.57. The van der Waals surface area contributed by atoms with Crippen LogP contribution in [0.15, 0.2) is 42.7 Å². The lowest BCUT2D eigenvalue weighted by Crippen LogP contribution is -2.28. The Morgan fingerprint density at radius 2 is 1.86 bits per heavy atom. The third kappa shape index (κ3) is 2.81. The summed E-state index contributed by atoms with van der Waals surface area (Å²) in [5.74, 6) is -0.00540. The standard InChI is InChI=1S/C16H15N3O3/c1-19-8-7-13(16(19)21)14(20)15-17-9-12(10-18-15)22-11-5-3-2-4-6-11/h2-6,9-10,13H,7-8H2,1H3. The number of para-hydroxylation sites is 1. The van der Waals surface area contributed by atoms with Crippen molar-refractivity contribution in [2.75, 3.05) is 13.6 Å². The van der Waals surface area contributed by atoms with Crippen molar-refractivity contribution in [1.29, 1.82) is 0 Å². The second-order valence-electron chi connectivity index (χ2n) is 5.12. The first kappa shape index (κ1) is 14.2. The molecule has 0 bridgehead atoms. The molecule has 1 unspecified atom stereocenters. The summed E-state index contributed by atoms with van der Waals surface area (Å²) in [4.78, 5) is 33.7. The van der Waals surface area contributed by atoms with Crippen LogP contribution in [0.3, 0.4) is 0 Å². The fourth-order valence-corrected chi connectivity index (χ4v) is 2.34. The van der Waals surface area contributed by atoms with Crippen molar-refractivity contribution in [2.45, 2.75) is 6.42 Å². The lowest BCUT2D eigenvalue weighted by Gasteiger charge is -2.09. The molecule has 1 aliphatic rings. The minimum Gasteiger partial charge on any atom is -0.454 e. The molecule has 1 aromatic carbocycles. The second-order valence-corrected chi connectivity index (χ2v) is 5.12. The Morgan fingerprint density at radius 3 is 2.45 bits per heavy atom. The molecule has 0 saturated carbocycles. The van der Waals surface area contributed by atoms with E-state index in [1.165, 1.54) is 12.4 Å². The van der Waals surface area contributed by atoms with Gasteiger partial charge in [-0.2, -0.15) is 0 Å².